The monoisotopic (exact) mass is 238 g/mol. The molecule has 1 aliphatic carbocycles. The molecule has 0 aromatic carbocycles. The summed E-state index contributed by atoms with van der Waals surface area (Å²) >= 11 is 0. The van der Waals surface area contributed by atoms with Gasteiger partial charge in [0.1, 0.15) is 11.8 Å². The van der Waals surface area contributed by atoms with E-state index in [4.69, 9.17) is 9.47 Å². The van der Waals surface area contributed by atoms with E-state index in [1.54, 1.807) is 4.68 Å². The molecule has 1 saturated carbocycles. The number of ether oxygens (including phenoxy) is 2. The molecular weight excluding hydrogens is 220 g/mol. The zero-order valence-corrected chi connectivity index (χ0v) is 10.7. The Balaban J connectivity index is 2.09. The predicted molar refractivity (Wildman–Crippen MR) is 62.1 cm³/mol. The van der Waals surface area contributed by atoms with Crippen molar-refractivity contribution in [3.8, 4) is 5.75 Å². The van der Waals surface area contributed by atoms with E-state index >= 15 is 0 Å². The van der Waals surface area contributed by atoms with Crippen molar-refractivity contribution in [1.82, 2.24) is 9.78 Å². The van der Waals surface area contributed by atoms with Crippen LogP contribution in [0.3, 0.4) is 0 Å². The Bertz CT molecular complexity index is 439. The first-order valence-corrected chi connectivity index (χ1v) is 5.85. The molecule has 1 aromatic rings. The molecule has 0 saturated heterocycles. The summed E-state index contributed by atoms with van der Waals surface area (Å²) < 4.78 is 13.0. The number of rotatable bonds is 4. The van der Waals surface area contributed by atoms with Crippen LogP contribution in [-0.2, 0) is 16.6 Å². The number of hydrogen-bond acceptors (Lipinski definition) is 4. The third-order valence-electron chi connectivity index (χ3n) is 3.12. The standard InChI is InChI=1S/C12H18N2O3/c1-5-16-12-9(15)6-10(12)17-11-7(2)13-14(4)8(11)3/h10,12H,5-6H2,1-4H3. The number of hydrogen-bond donors (Lipinski definition) is 0. The van der Waals surface area contributed by atoms with Crippen LogP contribution in [0.5, 0.6) is 5.75 Å². The summed E-state index contributed by atoms with van der Waals surface area (Å²) in [5.74, 6) is 0.894. The summed E-state index contributed by atoms with van der Waals surface area (Å²) in [7, 11) is 1.88. The normalized spacial score (nSPS) is 23.6. The largest absolute Gasteiger partial charge is 0.483 e. The van der Waals surface area contributed by atoms with Gasteiger partial charge >= 0.3 is 0 Å². The zero-order chi connectivity index (χ0) is 12.6. The maximum Gasteiger partial charge on any atom is 0.169 e. The summed E-state index contributed by atoms with van der Waals surface area (Å²) in [6.07, 6.45) is -0.138. The molecule has 2 unspecified atom stereocenters. The van der Waals surface area contributed by atoms with Crippen molar-refractivity contribution in [3.05, 3.63) is 11.4 Å². The lowest BCUT2D eigenvalue weighted by Gasteiger charge is -2.34. The average molecular weight is 238 g/mol. The summed E-state index contributed by atoms with van der Waals surface area (Å²) in [6.45, 7) is 6.26. The van der Waals surface area contributed by atoms with Crippen LogP contribution >= 0.6 is 0 Å². The van der Waals surface area contributed by atoms with Gasteiger partial charge in [0.15, 0.2) is 17.6 Å². The molecule has 0 N–H and O–H groups in total. The fourth-order valence-electron chi connectivity index (χ4n) is 2.03. The maximum atomic E-state index is 11.4. The van der Waals surface area contributed by atoms with Crippen LogP contribution in [0.4, 0.5) is 0 Å². The second-order valence-corrected chi connectivity index (χ2v) is 4.33. The van der Waals surface area contributed by atoms with Crippen molar-refractivity contribution in [3.63, 3.8) is 0 Å². The molecule has 0 bridgehead atoms. The molecule has 1 aliphatic rings. The topological polar surface area (TPSA) is 53.4 Å². The van der Waals surface area contributed by atoms with E-state index in [0.717, 1.165) is 17.1 Å². The fourth-order valence-corrected chi connectivity index (χ4v) is 2.03. The lowest BCUT2D eigenvalue weighted by atomic mass is 9.90. The van der Waals surface area contributed by atoms with Gasteiger partial charge in [-0.05, 0) is 20.8 Å². The lowest BCUT2D eigenvalue weighted by molar-refractivity contribution is -0.154. The van der Waals surface area contributed by atoms with E-state index in [0.29, 0.717) is 13.0 Å². The molecule has 2 atom stereocenters. The molecule has 1 heterocycles. The number of ketones is 1. The number of aryl methyl sites for hydroxylation is 2. The Labute approximate surface area is 101 Å². The lowest BCUT2D eigenvalue weighted by Crippen LogP contribution is -2.52. The molecule has 2 rings (SSSR count). The van der Waals surface area contributed by atoms with Crippen LogP contribution in [0, 0.1) is 13.8 Å². The van der Waals surface area contributed by atoms with Gasteiger partial charge in [-0.1, -0.05) is 0 Å². The smallest absolute Gasteiger partial charge is 0.169 e. The second-order valence-electron chi connectivity index (χ2n) is 4.33. The number of Topliss-reactive ketones (excluding diaryl/α,β-unsaturated/α-hetero) is 1. The minimum Gasteiger partial charge on any atom is -0.483 e. The Hall–Kier alpha value is -1.36. The van der Waals surface area contributed by atoms with E-state index in [-0.39, 0.29) is 11.9 Å². The Morgan fingerprint density at radius 1 is 1.47 bits per heavy atom. The predicted octanol–water partition coefficient (Wildman–Crippen LogP) is 1.16. The van der Waals surface area contributed by atoms with Gasteiger partial charge in [-0.3, -0.25) is 9.48 Å². The highest BCUT2D eigenvalue weighted by Gasteiger charge is 2.43. The van der Waals surface area contributed by atoms with Crippen LogP contribution in [0.1, 0.15) is 24.7 Å². The van der Waals surface area contributed by atoms with Crippen LogP contribution in [0.2, 0.25) is 0 Å². The van der Waals surface area contributed by atoms with E-state index < -0.39 is 6.10 Å². The molecule has 0 aliphatic heterocycles. The molecule has 1 aromatic heterocycles. The quantitative estimate of drug-likeness (QED) is 0.790. The molecule has 94 valence electrons. The molecule has 17 heavy (non-hydrogen) atoms. The van der Waals surface area contributed by atoms with Crippen LogP contribution < -0.4 is 4.74 Å². The Morgan fingerprint density at radius 2 is 2.18 bits per heavy atom. The number of carbonyl (C=O) groups is 1. The third kappa shape index (κ3) is 2.07. The summed E-state index contributed by atoms with van der Waals surface area (Å²) in [5, 5.41) is 4.28. The van der Waals surface area contributed by atoms with Crippen molar-refractivity contribution in [1.29, 1.82) is 0 Å². The minimum absolute atomic E-state index is 0.121. The van der Waals surface area contributed by atoms with Crippen molar-refractivity contribution >= 4 is 5.78 Å². The van der Waals surface area contributed by atoms with Gasteiger partial charge in [0.25, 0.3) is 0 Å². The van der Waals surface area contributed by atoms with Gasteiger partial charge in [0.2, 0.25) is 0 Å². The summed E-state index contributed by atoms with van der Waals surface area (Å²) in [5.41, 5.74) is 1.82. The van der Waals surface area contributed by atoms with Gasteiger partial charge in [0, 0.05) is 20.1 Å². The van der Waals surface area contributed by atoms with E-state index in [9.17, 15) is 4.79 Å². The zero-order valence-electron chi connectivity index (χ0n) is 10.7. The van der Waals surface area contributed by atoms with Gasteiger partial charge in [-0.2, -0.15) is 5.10 Å². The number of nitrogens with zero attached hydrogens (tertiary/aromatic N) is 2. The SMILES string of the molecule is CCOC1C(=O)CC1Oc1c(C)nn(C)c1C. The molecule has 0 spiro atoms. The van der Waals surface area contributed by atoms with Gasteiger partial charge in [-0.25, -0.2) is 0 Å². The van der Waals surface area contributed by atoms with E-state index in [1.807, 2.05) is 27.8 Å². The Kier molecular flexibility index (Phi) is 3.19. The molecule has 5 heteroatoms. The van der Waals surface area contributed by atoms with Gasteiger partial charge < -0.3 is 9.47 Å². The third-order valence-corrected chi connectivity index (χ3v) is 3.12. The first kappa shape index (κ1) is 12.1. The molecule has 1 fully saturated rings. The first-order valence-electron chi connectivity index (χ1n) is 5.85. The van der Waals surface area contributed by atoms with E-state index in [2.05, 4.69) is 5.10 Å². The summed E-state index contributed by atoms with van der Waals surface area (Å²) in [4.78, 5) is 11.4. The van der Waals surface area contributed by atoms with Crippen LogP contribution in [0.15, 0.2) is 0 Å². The highest BCUT2D eigenvalue weighted by Crippen LogP contribution is 2.29. The maximum absolute atomic E-state index is 11.4. The van der Waals surface area contributed by atoms with Gasteiger partial charge in [-0.15, -0.1) is 0 Å². The molecule has 0 radical (unpaired) electrons. The first-order chi connectivity index (χ1) is 8.04. The molecular formula is C12H18N2O3. The summed E-state index contributed by atoms with van der Waals surface area (Å²) in [6, 6.07) is 0. The highest BCUT2D eigenvalue weighted by atomic mass is 16.5. The van der Waals surface area contributed by atoms with Crippen molar-refractivity contribution in [2.45, 2.75) is 39.4 Å². The average Bonchev–Trinajstić information content (AvgIpc) is 2.52. The molecule has 0 amide bonds. The van der Waals surface area contributed by atoms with Crippen LogP contribution in [0.25, 0.3) is 0 Å². The highest BCUT2D eigenvalue weighted by molar-refractivity contribution is 5.90. The second kappa shape index (κ2) is 4.49. The number of carbonyl (C=O) groups excluding carboxylic acids is 1. The Morgan fingerprint density at radius 3 is 2.65 bits per heavy atom. The fraction of sp³-hybridized carbons (Fsp3) is 0.667. The number of aromatic nitrogens is 2. The van der Waals surface area contributed by atoms with Crippen molar-refractivity contribution in [2.75, 3.05) is 6.61 Å². The minimum atomic E-state index is -0.404. The van der Waals surface area contributed by atoms with Crippen molar-refractivity contribution < 1.29 is 14.3 Å². The van der Waals surface area contributed by atoms with Gasteiger partial charge in [0.05, 0.1) is 5.69 Å². The molecule has 5 nitrogen and oxygen atoms in total. The van der Waals surface area contributed by atoms with Crippen molar-refractivity contribution in [2.24, 2.45) is 7.05 Å². The van der Waals surface area contributed by atoms with Crippen LogP contribution in [-0.4, -0.2) is 34.4 Å². The van der Waals surface area contributed by atoms with E-state index in [1.165, 1.54) is 0 Å².